The van der Waals surface area contributed by atoms with E-state index in [1.54, 1.807) is 7.11 Å². The number of aromatic nitrogens is 2. The predicted octanol–water partition coefficient (Wildman–Crippen LogP) is 5.65. The molecular formula is C25H26N2O3. The Morgan fingerprint density at radius 2 is 1.60 bits per heavy atom. The molecule has 1 aromatic heterocycles. The van der Waals surface area contributed by atoms with Gasteiger partial charge in [0.05, 0.1) is 24.8 Å². The Morgan fingerprint density at radius 3 is 2.43 bits per heavy atom. The largest absolute Gasteiger partial charge is 0.497 e. The number of hydrogen-bond donors (Lipinski definition) is 0. The molecule has 0 bridgehead atoms. The van der Waals surface area contributed by atoms with Gasteiger partial charge in [0.1, 0.15) is 17.2 Å². The quantitative estimate of drug-likeness (QED) is 0.339. The number of nitrogens with zero attached hydrogens (tertiary/aromatic N) is 2. The van der Waals surface area contributed by atoms with Crippen molar-refractivity contribution in [1.29, 1.82) is 0 Å². The average Bonchev–Trinajstić information content (AvgIpc) is 3.16. The van der Waals surface area contributed by atoms with Gasteiger partial charge in [0.15, 0.2) is 11.9 Å². The van der Waals surface area contributed by atoms with Crippen LogP contribution in [0.2, 0.25) is 0 Å². The third kappa shape index (κ3) is 4.57. The van der Waals surface area contributed by atoms with Gasteiger partial charge in [0, 0.05) is 12.6 Å². The van der Waals surface area contributed by atoms with Gasteiger partial charge in [-0.2, -0.15) is 0 Å². The van der Waals surface area contributed by atoms with Crippen molar-refractivity contribution in [3.05, 3.63) is 84.7 Å². The van der Waals surface area contributed by atoms with Crippen molar-refractivity contribution in [3.63, 3.8) is 0 Å². The van der Waals surface area contributed by atoms with E-state index in [-0.39, 0.29) is 6.10 Å². The molecule has 1 heterocycles. The molecule has 1 unspecified atom stereocenters. The highest BCUT2D eigenvalue weighted by molar-refractivity contribution is 5.76. The Morgan fingerprint density at radius 1 is 0.867 bits per heavy atom. The molecule has 0 saturated carbocycles. The van der Waals surface area contributed by atoms with Gasteiger partial charge in [-0.3, -0.25) is 0 Å². The van der Waals surface area contributed by atoms with Crippen LogP contribution in [0.4, 0.5) is 0 Å². The molecule has 0 aliphatic heterocycles. The number of rotatable bonds is 9. The third-order valence-electron chi connectivity index (χ3n) is 4.94. The van der Waals surface area contributed by atoms with E-state index in [0.717, 1.165) is 47.1 Å². The lowest BCUT2D eigenvalue weighted by Gasteiger charge is -2.17. The van der Waals surface area contributed by atoms with Gasteiger partial charge < -0.3 is 18.8 Å². The molecule has 1 atom stereocenters. The zero-order valence-electron chi connectivity index (χ0n) is 17.3. The summed E-state index contributed by atoms with van der Waals surface area (Å²) < 4.78 is 19.5. The monoisotopic (exact) mass is 402 g/mol. The Balaban J connectivity index is 1.47. The van der Waals surface area contributed by atoms with Gasteiger partial charge in [-0.1, -0.05) is 36.4 Å². The maximum Gasteiger partial charge on any atom is 0.153 e. The highest BCUT2D eigenvalue weighted by atomic mass is 16.5. The number of ether oxygens (including phenoxy) is 3. The number of hydrogen-bond acceptors (Lipinski definition) is 4. The van der Waals surface area contributed by atoms with Gasteiger partial charge in [0.25, 0.3) is 0 Å². The topological polar surface area (TPSA) is 45.5 Å². The molecule has 5 nitrogen and oxygen atoms in total. The summed E-state index contributed by atoms with van der Waals surface area (Å²) in [4.78, 5) is 4.85. The highest BCUT2D eigenvalue weighted by Crippen LogP contribution is 2.25. The summed E-state index contributed by atoms with van der Waals surface area (Å²) in [6.07, 6.45) is 0.682. The van der Waals surface area contributed by atoms with Crippen LogP contribution in [0.15, 0.2) is 78.9 Å². The zero-order chi connectivity index (χ0) is 20.8. The molecule has 4 rings (SSSR count). The first kappa shape index (κ1) is 19.8. The molecule has 0 fully saturated rings. The first-order chi connectivity index (χ1) is 14.7. The normalized spacial score (nSPS) is 11.9. The van der Waals surface area contributed by atoms with Crippen LogP contribution in [0, 0.1) is 0 Å². The van der Waals surface area contributed by atoms with Gasteiger partial charge >= 0.3 is 0 Å². The molecule has 0 N–H and O–H groups in total. The van der Waals surface area contributed by atoms with Crippen LogP contribution in [0.5, 0.6) is 17.2 Å². The van der Waals surface area contributed by atoms with Crippen molar-refractivity contribution >= 4 is 11.0 Å². The number of aryl methyl sites for hydroxylation is 1. The van der Waals surface area contributed by atoms with E-state index in [1.807, 2.05) is 79.7 Å². The average molecular weight is 402 g/mol. The standard InChI is InChI=1S/C25H26N2O3/c1-19(30-20-10-4-3-5-11-20)25-26-23-14-6-7-15-24(23)27(25)16-9-17-29-22-13-8-12-21(18-22)28-2/h3-8,10-15,18-19H,9,16-17H2,1-2H3. The SMILES string of the molecule is COc1cccc(OCCCn2c(C(C)Oc3ccccc3)nc3ccccc32)c1. The van der Waals surface area contributed by atoms with Crippen molar-refractivity contribution in [2.75, 3.05) is 13.7 Å². The summed E-state index contributed by atoms with van der Waals surface area (Å²) in [7, 11) is 1.66. The van der Waals surface area contributed by atoms with E-state index < -0.39 is 0 Å². The number of benzene rings is 3. The van der Waals surface area contributed by atoms with Crippen molar-refractivity contribution in [3.8, 4) is 17.2 Å². The Hall–Kier alpha value is -3.47. The molecule has 5 heteroatoms. The van der Waals surface area contributed by atoms with Crippen LogP contribution in [-0.4, -0.2) is 23.3 Å². The van der Waals surface area contributed by atoms with Crippen molar-refractivity contribution in [2.24, 2.45) is 0 Å². The molecule has 3 aromatic carbocycles. The van der Waals surface area contributed by atoms with E-state index in [9.17, 15) is 0 Å². The van der Waals surface area contributed by atoms with Crippen LogP contribution >= 0.6 is 0 Å². The second kappa shape index (κ2) is 9.35. The lowest BCUT2D eigenvalue weighted by atomic mass is 10.3. The zero-order valence-corrected chi connectivity index (χ0v) is 17.3. The second-order valence-corrected chi connectivity index (χ2v) is 7.06. The molecule has 30 heavy (non-hydrogen) atoms. The van der Waals surface area contributed by atoms with Crippen molar-refractivity contribution < 1.29 is 14.2 Å². The summed E-state index contributed by atoms with van der Waals surface area (Å²) >= 11 is 0. The van der Waals surface area contributed by atoms with Crippen LogP contribution in [0.25, 0.3) is 11.0 Å². The van der Waals surface area contributed by atoms with Crippen LogP contribution in [0.3, 0.4) is 0 Å². The fraction of sp³-hybridized carbons (Fsp3) is 0.240. The highest BCUT2D eigenvalue weighted by Gasteiger charge is 2.18. The fourth-order valence-electron chi connectivity index (χ4n) is 3.50. The number of para-hydroxylation sites is 3. The fourth-order valence-corrected chi connectivity index (χ4v) is 3.50. The van der Waals surface area contributed by atoms with E-state index >= 15 is 0 Å². The van der Waals surface area contributed by atoms with Gasteiger partial charge in [0.2, 0.25) is 0 Å². The predicted molar refractivity (Wildman–Crippen MR) is 118 cm³/mol. The lowest BCUT2D eigenvalue weighted by molar-refractivity contribution is 0.210. The molecule has 4 aromatic rings. The Bertz CT molecular complexity index is 1090. The van der Waals surface area contributed by atoms with E-state index in [2.05, 4.69) is 10.6 Å². The molecular weight excluding hydrogens is 376 g/mol. The minimum Gasteiger partial charge on any atom is -0.497 e. The van der Waals surface area contributed by atoms with Crippen molar-refractivity contribution in [1.82, 2.24) is 9.55 Å². The Labute approximate surface area is 176 Å². The third-order valence-corrected chi connectivity index (χ3v) is 4.94. The summed E-state index contributed by atoms with van der Waals surface area (Å²) in [6, 6.07) is 25.7. The minimum absolute atomic E-state index is 0.167. The van der Waals surface area contributed by atoms with Crippen LogP contribution in [-0.2, 0) is 6.54 Å². The summed E-state index contributed by atoms with van der Waals surface area (Å²) in [6.45, 7) is 3.44. The van der Waals surface area contributed by atoms with Crippen molar-refractivity contribution in [2.45, 2.75) is 26.0 Å². The number of methoxy groups -OCH3 is 1. The Kier molecular flexibility index (Phi) is 6.18. The maximum absolute atomic E-state index is 6.14. The van der Waals surface area contributed by atoms with E-state index in [1.165, 1.54) is 0 Å². The second-order valence-electron chi connectivity index (χ2n) is 7.06. The van der Waals surface area contributed by atoms with Gasteiger partial charge in [-0.15, -0.1) is 0 Å². The number of imidazole rings is 1. The summed E-state index contributed by atoms with van der Waals surface area (Å²) in [5.74, 6) is 3.36. The molecule has 0 amide bonds. The molecule has 0 aliphatic rings. The minimum atomic E-state index is -0.167. The first-order valence-electron chi connectivity index (χ1n) is 10.2. The lowest BCUT2D eigenvalue weighted by Crippen LogP contribution is -2.13. The summed E-state index contributed by atoms with van der Waals surface area (Å²) in [5.41, 5.74) is 2.09. The van der Waals surface area contributed by atoms with Crippen LogP contribution < -0.4 is 14.2 Å². The maximum atomic E-state index is 6.14. The first-order valence-corrected chi connectivity index (χ1v) is 10.2. The van der Waals surface area contributed by atoms with Gasteiger partial charge in [-0.25, -0.2) is 4.98 Å². The molecule has 0 spiro atoms. The van der Waals surface area contributed by atoms with Crippen LogP contribution in [0.1, 0.15) is 25.3 Å². The summed E-state index contributed by atoms with van der Waals surface area (Å²) in [5, 5.41) is 0. The smallest absolute Gasteiger partial charge is 0.153 e. The molecule has 0 aliphatic carbocycles. The molecule has 0 saturated heterocycles. The van der Waals surface area contributed by atoms with E-state index in [0.29, 0.717) is 6.61 Å². The number of fused-ring (bicyclic) bond motifs is 1. The van der Waals surface area contributed by atoms with Gasteiger partial charge in [-0.05, 0) is 49.7 Å². The molecule has 154 valence electrons. The molecule has 0 radical (unpaired) electrons. The van der Waals surface area contributed by atoms with E-state index in [4.69, 9.17) is 19.2 Å².